The molecule has 1 saturated heterocycles. The molecule has 0 aromatic rings. The summed E-state index contributed by atoms with van der Waals surface area (Å²) in [5, 5.41) is 3.34. The van der Waals surface area contributed by atoms with E-state index in [-0.39, 0.29) is 0 Å². The number of likely N-dealkylation sites (N-methyl/N-ethyl adjacent to an activating group) is 1. The van der Waals surface area contributed by atoms with Gasteiger partial charge in [-0.05, 0) is 12.5 Å². The van der Waals surface area contributed by atoms with Crippen molar-refractivity contribution < 1.29 is 0 Å². The van der Waals surface area contributed by atoms with Crippen LogP contribution in [0.4, 0.5) is 0 Å². The maximum absolute atomic E-state index is 3.34. The number of nitrogens with one attached hydrogen (secondary N) is 1. The van der Waals surface area contributed by atoms with E-state index in [4.69, 9.17) is 0 Å². The van der Waals surface area contributed by atoms with E-state index in [0.717, 1.165) is 19.0 Å². The van der Waals surface area contributed by atoms with Crippen LogP contribution >= 0.6 is 0 Å². The molecular formula is C9H20N2. The minimum atomic E-state index is 0.997. The summed E-state index contributed by atoms with van der Waals surface area (Å²) >= 11 is 0. The van der Waals surface area contributed by atoms with Crippen molar-refractivity contribution in [2.24, 2.45) is 5.92 Å². The molecule has 2 heteroatoms. The molecule has 1 fully saturated rings. The topological polar surface area (TPSA) is 15.3 Å². The van der Waals surface area contributed by atoms with Gasteiger partial charge in [-0.15, -0.1) is 0 Å². The first-order valence-electron chi connectivity index (χ1n) is 4.79. The third kappa shape index (κ3) is 2.80. The molecule has 0 atom stereocenters. The van der Waals surface area contributed by atoms with Gasteiger partial charge in [-0.3, -0.25) is 0 Å². The van der Waals surface area contributed by atoms with E-state index in [2.05, 4.69) is 24.1 Å². The zero-order valence-electron chi connectivity index (χ0n) is 7.77. The summed E-state index contributed by atoms with van der Waals surface area (Å²) in [6.45, 7) is 10.6. The predicted octanol–water partition coefficient (Wildman–Crippen LogP) is 0.938. The normalized spacial score (nSPS) is 20.2. The molecule has 0 radical (unpaired) electrons. The van der Waals surface area contributed by atoms with E-state index in [1.807, 2.05) is 0 Å². The Morgan fingerprint density at radius 1 is 1.36 bits per heavy atom. The van der Waals surface area contributed by atoms with Crippen LogP contribution in [0.5, 0.6) is 0 Å². The van der Waals surface area contributed by atoms with Crippen molar-refractivity contribution in [1.29, 1.82) is 0 Å². The van der Waals surface area contributed by atoms with Crippen LogP contribution in [0.2, 0.25) is 0 Å². The van der Waals surface area contributed by atoms with Gasteiger partial charge in [-0.1, -0.05) is 20.3 Å². The molecule has 1 aliphatic heterocycles. The Hall–Kier alpha value is -0.0800. The highest BCUT2D eigenvalue weighted by Gasteiger charge is 2.23. The van der Waals surface area contributed by atoms with Crippen LogP contribution in [-0.2, 0) is 0 Å². The quantitative estimate of drug-likeness (QED) is 0.596. The SMILES string of the molecule is CCNCCN1CC(CC)C1. The van der Waals surface area contributed by atoms with Gasteiger partial charge in [0.25, 0.3) is 0 Å². The van der Waals surface area contributed by atoms with E-state index in [0.29, 0.717) is 0 Å². The minimum absolute atomic E-state index is 0.997. The van der Waals surface area contributed by atoms with Gasteiger partial charge in [0, 0.05) is 26.2 Å². The van der Waals surface area contributed by atoms with Crippen LogP contribution in [0, 0.1) is 5.92 Å². The zero-order valence-corrected chi connectivity index (χ0v) is 7.77. The molecule has 0 aromatic heterocycles. The zero-order chi connectivity index (χ0) is 8.10. The molecule has 0 saturated carbocycles. The van der Waals surface area contributed by atoms with E-state index >= 15 is 0 Å². The van der Waals surface area contributed by atoms with Gasteiger partial charge in [-0.2, -0.15) is 0 Å². The number of hydrogen-bond acceptors (Lipinski definition) is 2. The van der Waals surface area contributed by atoms with Crippen LogP contribution in [0.25, 0.3) is 0 Å². The summed E-state index contributed by atoms with van der Waals surface area (Å²) < 4.78 is 0. The molecule has 1 aliphatic rings. The summed E-state index contributed by atoms with van der Waals surface area (Å²) in [6.07, 6.45) is 1.36. The van der Waals surface area contributed by atoms with Gasteiger partial charge in [0.05, 0.1) is 0 Å². The summed E-state index contributed by atoms with van der Waals surface area (Å²) in [7, 11) is 0. The average Bonchev–Trinajstić information content (AvgIpc) is 1.94. The first-order valence-corrected chi connectivity index (χ1v) is 4.79. The second-order valence-electron chi connectivity index (χ2n) is 3.39. The highest BCUT2D eigenvalue weighted by atomic mass is 15.2. The lowest BCUT2D eigenvalue weighted by molar-refractivity contribution is 0.0992. The lowest BCUT2D eigenvalue weighted by Crippen LogP contribution is -2.48. The Bertz CT molecular complexity index is 97.7. The maximum Gasteiger partial charge on any atom is 0.0107 e. The van der Waals surface area contributed by atoms with Crippen LogP contribution in [-0.4, -0.2) is 37.6 Å². The van der Waals surface area contributed by atoms with Crippen LogP contribution in [0.1, 0.15) is 20.3 Å². The van der Waals surface area contributed by atoms with E-state index in [1.54, 1.807) is 0 Å². The third-order valence-electron chi connectivity index (χ3n) is 2.46. The van der Waals surface area contributed by atoms with Gasteiger partial charge < -0.3 is 10.2 Å². The highest BCUT2D eigenvalue weighted by Crippen LogP contribution is 2.16. The first-order chi connectivity index (χ1) is 5.36. The van der Waals surface area contributed by atoms with Crippen molar-refractivity contribution >= 4 is 0 Å². The number of rotatable bonds is 5. The van der Waals surface area contributed by atoms with E-state index < -0.39 is 0 Å². The molecule has 11 heavy (non-hydrogen) atoms. The maximum atomic E-state index is 3.34. The van der Waals surface area contributed by atoms with Crippen molar-refractivity contribution in [1.82, 2.24) is 10.2 Å². The highest BCUT2D eigenvalue weighted by molar-refractivity contribution is 4.78. The molecule has 1 heterocycles. The minimum Gasteiger partial charge on any atom is -0.316 e. The van der Waals surface area contributed by atoms with Gasteiger partial charge in [0.2, 0.25) is 0 Å². The molecule has 66 valence electrons. The second-order valence-corrected chi connectivity index (χ2v) is 3.39. The molecule has 0 aromatic carbocycles. The molecule has 0 aliphatic carbocycles. The fourth-order valence-electron chi connectivity index (χ4n) is 1.53. The van der Waals surface area contributed by atoms with Gasteiger partial charge in [0.1, 0.15) is 0 Å². The van der Waals surface area contributed by atoms with Crippen LogP contribution in [0.3, 0.4) is 0 Å². The summed E-state index contributed by atoms with van der Waals surface area (Å²) in [6, 6.07) is 0. The average molecular weight is 156 g/mol. The van der Waals surface area contributed by atoms with Gasteiger partial charge in [-0.25, -0.2) is 0 Å². The van der Waals surface area contributed by atoms with Crippen molar-refractivity contribution in [3.8, 4) is 0 Å². The second kappa shape index (κ2) is 4.73. The summed E-state index contributed by atoms with van der Waals surface area (Å²) in [5.41, 5.74) is 0. The summed E-state index contributed by atoms with van der Waals surface area (Å²) in [4.78, 5) is 2.52. The van der Waals surface area contributed by atoms with Crippen LogP contribution in [0.15, 0.2) is 0 Å². The molecule has 0 bridgehead atoms. The van der Waals surface area contributed by atoms with Crippen molar-refractivity contribution in [3.63, 3.8) is 0 Å². The third-order valence-corrected chi connectivity index (χ3v) is 2.46. The van der Waals surface area contributed by atoms with Gasteiger partial charge in [0.15, 0.2) is 0 Å². The standard InChI is InChI=1S/C9H20N2/c1-3-9-7-11(8-9)6-5-10-4-2/h9-10H,3-8H2,1-2H3. The monoisotopic (exact) mass is 156 g/mol. The lowest BCUT2D eigenvalue weighted by atomic mass is 9.98. The molecule has 1 N–H and O–H groups in total. The summed E-state index contributed by atoms with van der Waals surface area (Å²) in [5.74, 6) is 0.997. The Morgan fingerprint density at radius 3 is 2.64 bits per heavy atom. The van der Waals surface area contributed by atoms with E-state index in [9.17, 15) is 0 Å². The van der Waals surface area contributed by atoms with Crippen molar-refractivity contribution in [3.05, 3.63) is 0 Å². The smallest absolute Gasteiger partial charge is 0.0107 e. The Balaban J connectivity index is 1.88. The van der Waals surface area contributed by atoms with Crippen LogP contribution < -0.4 is 5.32 Å². The fraction of sp³-hybridized carbons (Fsp3) is 1.00. The largest absolute Gasteiger partial charge is 0.316 e. The molecule has 0 amide bonds. The van der Waals surface area contributed by atoms with E-state index in [1.165, 1.54) is 26.1 Å². The first kappa shape index (κ1) is 9.01. The van der Waals surface area contributed by atoms with Crippen molar-refractivity contribution in [2.45, 2.75) is 20.3 Å². The fourth-order valence-corrected chi connectivity index (χ4v) is 1.53. The predicted molar refractivity (Wildman–Crippen MR) is 48.8 cm³/mol. The lowest BCUT2D eigenvalue weighted by Gasteiger charge is -2.38. The Morgan fingerprint density at radius 2 is 2.09 bits per heavy atom. The molecule has 0 unspecified atom stereocenters. The Kier molecular flexibility index (Phi) is 3.87. The number of likely N-dealkylation sites (tertiary alicyclic amines) is 1. The van der Waals surface area contributed by atoms with Gasteiger partial charge >= 0.3 is 0 Å². The molecule has 1 rings (SSSR count). The number of hydrogen-bond donors (Lipinski definition) is 1. The van der Waals surface area contributed by atoms with Crippen molar-refractivity contribution in [2.75, 3.05) is 32.7 Å². The molecule has 2 nitrogen and oxygen atoms in total. The molecule has 0 spiro atoms. The number of nitrogens with zero attached hydrogens (tertiary/aromatic N) is 1. The Labute approximate surface area is 70.0 Å². The molecular weight excluding hydrogens is 136 g/mol.